The second kappa shape index (κ2) is 6.81. The summed E-state index contributed by atoms with van der Waals surface area (Å²) in [6.07, 6.45) is 0. The SMILES string of the molecule is Cc1cccc(Cl)c1-n1[nH]c(C(=O)NCCN(C)C)cc1=O. The fraction of sp³-hybridized carbons (Fsp3) is 0.333. The first-order chi connectivity index (χ1) is 10.4. The smallest absolute Gasteiger partial charge is 0.272 e. The number of aryl methyl sites for hydroxylation is 1. The van der Waals surface area contributed by atoms with Gasteiger partial charge in [0.15, 0.2) is 0 Å². The number of amides is 1. The Labute approximate surface area is 133 Å². The zero-order chi connectivity index (χ0) is 16.3. The summed E-state index contributed by atoms with van der Waals surface area (Å²) < 4.78 is 1.29. The molecule has 1 amide bonds. The fourth-order valence-electron chi connectivity index (χ4n) is 2.07. The van der Waals surface area contributed by atoms with Gasteiger partial charge >= 0.3 is 0 Å². The minimum Gasteiger partial charge on any atom is -0.349 e. The minimum atomic E-state index is -0.325. The van der Waals surface area contributed by atoms with E-state index in [1.54, 1.807) is 6.07 Å². The summed E-state index contributed by atoms with van der Waals surface area (Å²) in [5, 5.41) is 6.01. The molecule has 2 N–H and O–H groups in total. The number of halogens is 1. The number of aromatic amines is 1. The van der Waals surface area contributed by atoms with Gasteiger partial charge < -0.3 is 10.2 Å². The standard InChI is InChI=1S/C15H19ClN4O2/c1-10-5-4-6-11(16)14(10)20-13(21)9-12(18-20)15(22)17-7-8-19(2)3/h4-6,9,18H,7-8H2,1-3H3,(H,17,22). The molecule has 0 aliphatic carbocycles. The van der Waals surface area contributed by atoms with E-state index in [0.717, 1.165) is 12.1 Å². The molecule has 0 spiro atoms. The van der Waals surface area contributed by atoms with Crippen molar-refractivity contribution in [2.24, 2.45) is 0 Å². The lowest BCUT2D eigenvalue weighted by atomic mass is 10.2. The zero-order valence-electron chi connectivity index (χ0n) is 12.8. The lowest BCUT2D eigenvalue weighted by Crippen LogP contribution is -2.31. The molecule has 0 fully saturated rings. The molecule has 2 aromatic rings. The van der Waals surface area contributed by atoms with Crippen LogP contribution in [0.4, 0.5) is 0 Å². The molecular formula is C15H19ClN4O2. The van der Waals surface area contributed by atoms with Crippen LogP contribution in [-0.4, -0.2) is 47.8 Å². The average molecular weight is 323 g/mol. The van der Waals surface area contributed by atoms with Gasteiger partial charge in [-0.15, -0.1) is 0 Å². The fourth-order valence-corrected chi connectivity index (χ4v) is 2.38. The van der Waals surface area contributed by atoms with Crippen molar-refractivity contribution in [2.45, 2.75) is 6.92 Å². The van der Waals surface area contributed by atoms with E-state index in [4.69, 9.17) is 11.6 Å². The molecule has 0 saturated heterocycles. The van der Waals surface area contributed by atoms with E-state index in [-0.39, 0.29) is 17.2 Å². The van der Waals surface area contributed by atoms with Gasteiger partial charge in [0, 0.05) is 19.2 Å². The molecule has 0 unspecified atom stereocenters. The van der Waals surface area contributed by atoms with Crippen LogP contribution in [0.1, 0.15) is 16.1 Å². The number of nitrogens with zero attached hydrogens (tertiary/aromatic N) is 2. The Kier molecular flexibility index (Phi) is 5.05. The zero-order valence-corrected chi connectivity index (χ0v) is 13.6. The number of hydrogen-bond donors (Lipinski definition) is 2. The summed E-state index contributed by atoms with van der Waals surface area (Å²) in [7, 11) is 3.84. The van der Waals surface area contributed by atoms with Gasteiger partial charge in [-0.1, -0.05) is 23.7 Å². The van der Waals surface area contributed by atoms with Crippen LogP contribution in [0.25, 0.3) is 5.69 Å². The second-order valence-corrected chi connectivity index (χ2v) is 5.72. The number of aromatic nitrogens is 2. The molecule has 7 heteroatoms. The van der Waals surface area contributed by atoms with Crippen molar-refractivity contribution in [3.05, 3.63) is 50.9 Å². The van der Waals surface area contributed by atoms with Crippen molar-refractivity contribution in [2.75, 3.05) is 27.2 Å². The van der Waals surface area contributed by atoms with E-state index in [1.807, 2.05) is 38.1 Å². The summed E-state index contributed by atoms with van der Waals surface area (Å²) in [6, 6.07) is 6.64. The molecule has 22 heavy (non-hydrogen) atoms. The normalized spacial score (nSPS) is 11.0. The van der Waals surface area contributed by atoms with Gasteiger partial charge in [0.2, 0.25) is 0 Å². The van der Waals surface area contributed by atoms with Crippen LogP contribution in [0.2, 0.25) is 5.02 Å². The molecule has 0 bridgehead atoms. The van der Waals surface area contributed by atoms with Crippen molar-refractivity contribution in [1.29, 1.82) is 0 Å². The largest absolute Gasteiger partial charge is 0.349 e. The Hall–Kier alpha value is -2.05. The molecule has 1 aromatic heterocycles. The summed E-state index contributed by atoms with van der Waals surface area (Å²) in [5.74, 6) is -0.317. The highest BCUT2D eigenvalue weighted by molar-refractivity contribution is 6.32. The number of nitrogens with one attached hydrogen (secondary N) is 2. The first-order valence-electron chi connectivity index (χ1n) is 6.90. The van der Waals surface area contributed by atoms with Gasteiger partial charge in [-0.3, -0.25) is 14.7 Å². The van der Waals surface area contributed by atoms with Gasteiger partial charge in [-0.2, -0.15) is 0 Å². The highest BCUT2D eigenvalue weighted by atomic mass is 35.5. The summed E-state index contributed by atoms with van der Waals surface area (Å²) >= 11 is 6.16. The van der Waals surface area contributed by atoms with Crippen LogP contribution >= 0.6 is 11.6 Å². The van der Waals surface area contributed by atoms with E-state index in [9.17, 15) is 9.59 Å². The summed E-state index contributed by atoms with van der Waals surface area (Å²) in [6.45, 7) is 3.08. The number of carbonyl (C=O) groups is 1. The van der Waals surface area contributed by atoms with E-state index in [2.05, 4.69) is 10.4 Å². The van der Waals surface area contributed by atoms with Gasteiger partial charge in [0.05, 0.1) is 10.7 Å². The molecule has 0 aliphatic rings. The van der Waals surface area contributed by atoms with Crippen LogP contribution in [0, 0.1) is 6.92 Å². The average Bonchev–Trinajstić information content (AvgIpc) is 2.80. The maximum absolute atomic E-state index is 12.1. The second-order valence-electron chi connectivity index (χ2n) is 5.31. The van der Waals surface area contributed by atoms with Crippen molar-refractivity contribution in [3.63, 3.8) is 0 Å². The van der Waals surface area contributed by atoms with Crippen LogP contribution in [0.3, 0.4) is 0 Å². The molecule has 1 aromatic carbocycles. The molecule has 6 nitrogen and oxygen atoms in total. The van der Waals surface area contributed by atoms with Crippen molar-refractivity contribution >= 4 is 17.5 Å². The lowest BCUT2D eigenvalue weighted by molar-refractivity contribution is 0.0945. The Morgan fingerprint density at radius 3 is 2.77 bits per heavy atom. The first kappa shape index (κ1) is 16.3. The summed E-state index contributed by atoms with van der Waals surface area (Å²) in [5.41, 5.74) is 1.29. The van der Waals surface area contributed by atoms with Crippen LogP contribution in [-0.2, 0) is 0 Å². The minimum absolute atomic E-state index is 0.211. The third-order valence-corrected chi connectivity index (χ3v) is 3.53. The van der Waals surface area contributed by atoms with E-state index >= 15 is 0 Å². The molecule has 118 valence electrons. The van der Waals surface area contributed by atoms with E-state index in [1.165, 1.54) is 10.7 Å². The first-order valence-corrected chi connectivity index (χ1v) is 7.28. The Morgan fingerprint density at radius 1 is 1.41 bits per heavy atom. The van der Waals surface area contributed by atoms with E-state index in [0.29, 0.717) is 17.3 Å². The van der Waals surface area contributed by atoms with Crippen LogP contribution in [0.5, 0.6) is 0 Å². The Bertz CT molecular complexity index is 713. The molecule has 0 radical (unpaired) electrons. The highest BCUT2D eigenvalue weighted by Gasteiger charge is 2.14. The molecule has 0 saturated carbocycles. The number of carbonyl (C=O) groups excluding carboxylic acids is 1. The number of para-hydroxylation sites is 1. The topological polar surface area (TPSA) is 70.1 Å². The third-order valence-electron chi connectivity index (χ3n) is 3.22. The van der Waals surface area contributed by atoms with Gasteiger partial charge in [-0.25, -0.2) is 4.68 Å². The maximum atomic E-state index is 12.1. The quantitative estimate of drug-likeness (QED) is 0.874. The van der Waals surface area contributed by atoms with Crippen molar-refractivity contribution in [3.8, 4) is 5.69 Å². The molecule has 1 heterocycles. The predicted octanol–water partition coefficient (Wildman–Crippen LogP) is 1.42. The van der Waals surface area contributed by atoms with Crippen LogP contribution in [0.15, 0.2) is 29.1 Å². The number of rotatable bonds is 5. The highest BCUT2D eigenvalue weighted by Crippen LogP contribution is 2.22. The lowest BCUT2D eigenvalue weighted by Gasteiger charge is -2.10. The monoisotopic (exact) mass is 322 g/mol. The van der Waals surface area contributed by atoms with Crippen molar-refractivity contribution in [1.82, 2.24) is 20.0 Å². The van der Waals surface area contributed by atoms with E-state index < -0.39 is 0 Å². The molecular weight excluding hydrogens is 304 g/mol. The molecule has 2 rings (SSSR count). The van der Waals surface area contributed by atoms with Crippen LogP contribution < -0.4 is 10.9 Å². The Balaban J connectivity index is 2.25. The number of hydrogen-bond acceptors (Lipinski definition) is 3. The number of likely N-dealkylation sites (N-methyl/N-ethyl adjacent to an activating group) is 1. The number of benzene rings is 1. The van der Waals surface area contributed by atoms with Gasteiger partial charge in [-0.05, 0) is 32.6 Å². The Morgan fingerprint density at radius 2 is 2.14 bits per heavy atom. The maximum Gasteiger partial charge on any atom is 0.272 e. The van der Waals surface area contributed by atoms with Gasteiger partial charge in [0.25, 0.3) is 11.5 Å². The molecule has 0 aliphatic heterocycles. The molecule has 0 atom stereocenters. The van der Waals surface area contributed by atoms with Gasteiger partial charge in [0.1, 0.15) is 5.69 Å². The van der Waals surface area contributed by atoms with Crippen molar-refractivity contribution < 1.29 is 4.79 Å². The number of H-pyrrole nitrogens is 1. The third kappa shape index (κ3) is 3.58. The summed E-state index contributed by atoms with van der Waals surface area (Å²) in [4.78, 5) is 26.1. The predicted molar refractivity (Wildman–Crippen MR) is 87.0 cm³/mol.